The van der Waals surface area contributed by atoms with E-state index in [0.29, 0.717) is 5.82 Å². The van der Waals surface area contributed by atoms with E-state index >= 15 is 0 Å². The first-order valence-corrected chi connectivity index (χ1v) is 5.11. The van der Waals surface area contributed by atoms with Crippen LogP contribution in [0.4, 0.5) is 11.5 Å². The fraction of sp³-hybridized carbons (Fsp3) is 0.455. The van der Waals surface area contributed by atoms with Crippen molar-refractivity contribution in [2.24, 2.45) is 5.92 Å². The zero-order chi connectivity index (χ0) is 10.8. The Balaban J connectivity index is 2.00. The summed E-state index contributed by atoms with van der Waals surface area (Å²) >= 11 is 0. The van der Waals surface area contributed by atoms with Gasteiger partial charge in [0.25, 0.3) is 0 Å². The molecule has 1 aromatic heterocycles. The zero-order valence-electron chi connectivity index (χ0n) is 9.03. The largest absolute Gasteiger partial charge is 0.376 e. The van der Waals surface area contributed by atoms with Crippen molar-refractivity contribution in [3.63, 3.8) is 0 Å². The second-order valence-electron chi connectivity index (χ2n) is 4.06. The molecule has 80 valence electrons. The van der Waals surface area contributed by atoms with E-state index in [0.717, 1.165) is 18.5 Å². The summed E-state index contributed by atoms with van der Waals surface area (Å²) in [5.41, 5.74) is 1.03. The Kier molecular flexibility index (Phi) is 2.58. The van der Waals surface area contributed by atoms with E-state index in [-0.39, 0.29) is 11.8 Å². The van der Waals surface area contributed by atoms with Crippen molar-refractivity contribution in [3.8, 4) is 0 Å². The Morgan fingerprint density at radius 3 is 2.67 bits per heavy atom. The van der Waals surface area contributed by atoms with Gasteiger partial charge >= 0.3 is 0 Å². The monoisotopic (exact) mass is 205 g/mol. The number of pyridine rings is 1. The summed E-state index contributed by atoms with van der Waals surface area (Å²) in [6.45, 7) is 0. The summed E-state index contributed by atoms with van der Waals surface area (Å²) in [5.74, 6) is 0.956. The highest BCUT2D eigenvalue weighted by Gasteiger charge is 2.29. The molecule has 0 bridgehead atoms. The number of carbonyl (C=O) groups excluding carboxylic acids is 1. The molecule has 0 spiro atoms. The van der Waals surface area contributed by atoms with Gasteiger partial charge in [-0.3, -0.25) is 4.79 Å². The molecule has 2 rings (SSSR count). The van der Waals surface area contributed by atoms with E-state index in [1.807, 2.05) is 31.1 Å². The number of nitrogens with one attached hydrogen (secondary N) is 1. The Morgan fingerprint density at radius 2 is 2.20 bits per heavy atom. The van der Waals surface area contributed by atoms with E-state index in [1.54, 1.807) is 6.20 Å². The second kappa shape index (κ2) is 3.88. The van der Waals surface area contributed by atoms with Crippen molar-refractivity contribution >= 4 is 17.4 Å². The van der Waals surface area contributed by atoms with Crippen LogP contribution in [0.15, 0.2) is 18.3 Å². The van der Waals surface area contributed by atoms with E-state index in [1.165, 1.54) is 0 Å². The minimum atomic E-state index is 0.0973. The summed E-state index contributed by atoms with van der Waals surface area (Å²) in [5, 5.41) is 2.80. The molecule has 1 aromatic rings. The molecular weight excluding hydrogens is 190 g/mol. The quantitative estimate of drug-likeness (QED) is 0.813. The van der Waals surface area contributed by atoms with Gasteiger partial charge in [-0.1, -0.05) is 0 Å². The lowest BCUT2D eigenvalue weighted by atomic mass is 10.3. The number of carbonyl (C=O) groups is 1. The highest BCUT2D eigenvalue weighted by molar-refractivity contribution is 5.93. The molecule has 15 heavy (non-hydrogen) atoms. The van der Waals surface area contributed by atoms with Crippen molar-refractivity contribution in [3.05, 3.63) is 18.3 Å². The Labute approximate surface area is 89.3 Å². The average Bonchev–Trinajstić information content (AvgIpc) is 3.01. The Hall–Kier alpha value is -1.58. The maximum Gasteiger partial charge on any atom is 0.228 e. The molecule has 1 aliphatic rings. The first-order chi connectivity index (χ1) is 7.16. The number of amides is 1. The lowest BCUT2D eigenvalue weighted by molar-refractivity contribution is -0.117. The SMILES string of the molecule is CN(C)c1ccc(NC(=O)C2CC2)nc1. The first-order valence-electron chi connectivity index (χ1n) is 5.11. The Bertz CT molecular complexity index is 355. The summed E-state index contributed by atoms with van der Waals surface area (Å²) in [7, 11) is 3.92. The van der Waals surface area contributed by atoms with E-state index in [9.17, 15) is 4.79 Å². The molecule has 0 saturated heterocycles. The van der Waals surface area contributed by atoms with Crippen molar-refractivity contribution < 1.29 is 4.79 Å². The van der Waals surface area contributed by atoms with Gasteiger partial charge in [0.05, 0.1) is 11.9 Å². The van der Waals surface area contributed by atoms with Crippen LogP contribution in [0, 0.1) is 5.92 Å². The summed E-state index contributed by atoms with van der Waals surface area (Å²) in [6.07, 6.45) is 3.78. The van der Waals surface area contributed by atoms with Gasteiger partial charge in [-0.2, -0.15) is 0 Å². The van der Waals surface area contributed by atoms with Gasteiger partial charge < -0.3 is 10.2 Å². The molecule has 1 aliphatic carbocycles. The highest BCUT2D eigenvalue weighted by atomic mass is 16.2. The number of aromatic nitrogens is 1. The zero-order valence-corrected chi connectivity index (χ0v) is 9.03. The molecular formula is C11H15N3O. The van der Waals surface area contributed by atoms with Gasteiger partial charge in [0, 0.05) is 20.0 Å². The van der Waals surface area contributed by atoms with Crippen LogP contribution >= 0.6 is 0 Å². The van der Waals surface area contributed by atoms with Gasteiger partial charge in [0.15, 0.2) is 0 Å². The fourth-order valence-corrected chi connectivity index (χ4v) is 1.30. The van der Waals surface area contributed by atoms with Crippen LogP contribution in [0.1, 0.15) is 12.8 Å². The minimum absolute atomic E-state index is 0.0973. The maximum absolute atomic E-state index is 11.4. The van der Waals surface area contributed by atoms with Crippen molar-refractivity contribution in [2.75, 3.05) is 24.3 Å². The molecule has 1 saturated carbocycles. The lowest BCUT2D eigenvalue weighted by Crippen LogP contribution is -2.15. The van der Waals surface area contributed by atoms with Gasteiger partial charge in [-0.25, -0.2) is 4.98 Å². The van der Waals surface area contributed by atoms with Crippen molar-refractivity contribution in [1.82, 2.24) is 4.98 Å². The molecule has 1 heterocycles. The van der Waals surface area contributed by atoms with Crippen LogP contribution in [-0.4, -0.2) is 25.0 Å². The van der Waals surface area contributed by atoms with Crippen LogP contribution in [0.2, 0.25) is 0 Å². The highest BCUT2D eigenvalue weighted by Crippen LogP contribution is 2.29. The molecule has 0 atom stereocenters. The molecule has 0 aromatic carbocycles. The molecule has 4 heteroatoms. The number of hydrogen-bond acceptors (Lipinski definition) is 3. The third-order valence-corrected chi connectivity index (χ3v) is 2.46. The standard InChI is InChI=1S/C11H15N3O/c1-14(2)9-5-6-10(12-7-9)13-11(15)8-3-4-8/h5-8H,3-4H2,1-2H3,(H,12,13,15). The summed E-state index contributed by atoms with van der Waals surface area (Å²) < 4.78 is 0. The van der Waals surface area contributed by atoms with Crippen LogP contribution in [0.3, 0.4) is 0 Å². The molecule has 4 nitrogen and oxygen atoms in total. The molecule has 0 unspecified atom stereocenters. The normalized spacial score (nSPS) is 14.8. The lowest BCUT2D eigenvalue weighted by Gasteiger charge is -2.12. The smallest absolute Gasteiger partial charge is 0.228 e. The van der Waals surface area contributed by atoms with Gasteiger partial charge in [-0.15, -0.1) is 0 Å². The van der Waals surface area contributed by atoms with Gasteiger partial charge in [-0.05, 0) is 25.0 Å². The molecule has 1 fully saturated rings. The first kappa shape index (κ1) is 9.96. The van der Waals surface area contributed by atoms with Crippen LogP contribution < -0.4 is 10.2 Å². The predicted octanol–water partition coefficient (Wildman–Crippen LogP) is 1.50. The number of rotatable bonds is 3. The van der Waals surface area contributed by atoms with Crippen molar-refractivity contribution in [2.45, 2.75) is 12.8 Å². The molecule has 1 amide bonds. The van der Waals surface area contributed by atoms with Gasteiger partial charge in [0.2, 0.25) is 5.91 Å². The molecule has 0 radical (unpaired) electrons. The maximum atomic E-state index is 11.4. The fourth-order valence-electron chi connectivity index (χ4n) is 1.30. The topological polar surface area (TPSA) is 45.2 Å². The van der Waals surface area contributed by atoms with E-state index in [4.69, 9.17) is 0 Å². The van der Waals surface area contributed by atoms with Crippen LogP contribution in [0.5, 0.6) is 0 Å². The van der Waals surface area contributed by atoms with Gasteiger partial charge in [0.1, 0.15) is 5.82 Å². The number of anilines is 2. The Morgan fingerprint density at radius 1 is 1.47 bits per heavy atom. The molecule has 1 N–H and O–H groups in total. The molecule has 0 aliphatic heterocycles. The number of nitrogens with zero attached hydrogens (tertiary/aromatic N) is 2. The van der Waals surface area contributed by atoms with Crippen molar-refractivity contribution in [1.29, 1.82) is 0 Å². The third-order valence-electron chi connectivity index (χ3n) is 2.46. The second-order valence-corrected chi connectivity index (χ2v) is 4.06. The van der Waals surface area contributed by atoms with E-state index < -0.39 is 0 Å². The average molecular weight is 205 g/mol. The summed E-state index contributed by atoms with van der Waals surface area (Å²) in [6, 6.07) is 3.77. The van der Waals surface area contributed by atoms with Crippen LogP contribution in [-0.2, 0) is 4.79 Å². The van der Waals surface area contributed by atoms with E-state index in [2.05, 4.69) is 10.3 Å². The predicted molar refractivity (Wildman–Crippen MR) is 59.9 cm³/mol. The minimum Gasteiger partial charge on any atom is -0.376 e. The number of hydrogen-bond donors (Lipinski definition) is 1. The third kappa shape index (κ3) is 2.46. The summed E-state index contributed by atoms with van der Waals surface area (Å²) in [4.78, 5) is 17.6. The van der Waals surface area contributed by atoms with Crippen LogP contribution in [0.25, 0.3) is 0 Å².